The standard InChI is InChI=1S/C21H18ClFN4O3/c1-12-3-4-14(9-19(12)24-13(2)28)18-7-8-21(30)27(26-18)11-20(29)25-15-5-6-17(23)16(22)10-15/h3-10H,11H2,1-2H3,(H,24,28)(H,25,29). The Morgan fingerprint density at radius 2 is 1.87 bits per heavy atom. The summed E-state index contributed by atoms with van der Waals surface area (Å²) in [4.78, 5) is 35.8. The molecule has 9 heteroatoms. The van der Waals surface area contributed by atoms with E-state index in [1.807, 2.05) is 13.0 Å². The number of anilines is 2. The average Bonchev–Trinajstić information content (AvgIpc) is 2.68. The van der Waals surface area contributed by atoms with Gasteiger partial charge in [0.05, 0.1) is 10.7 Å². The second kappa shape index (κ2) is 8.87. The molecule has 0 saturated heterocycles. The highest BCUT2D eigenvalue weighted by molar-refractivity contribution is 6.31. The van der Waals surface area contributed by atoms with Crippen LogP contribution in [0.5, 0.6) is 0 Å². The van der Waals surface area contributed by atoms with Crippen LogP contribution in [0.2, 0.25) is 5.02 Å². The Morgan fingerprint density at radius 3 is 2.57 bits per heavy atom. The Bertz CT molecular complexity index is 1190. The van der Waals surface area contributed by atoms with Crippen molar-refractivity contribution >= 4 is 34.8 Å². The largest absolute Gasteiger partial charge is 0.326 e. The van der Waals surface area contributed by atoms with Gasteiger partial charge < -0.3 is 10.6 Å². The van der Waals surface area contributed by atoms with Crippen LogP contribution in [0.25, 0.3) is 11.3 Å². The number of hydrogen-bond donors (Lipinski definition) is 2. The molecule has 0 radical (unpaired) electrons. The van der Waals surface area contributed by atoms with Crippen LogP contribution >= 0.6 is 11.6 Å². The second-order valence-electron chi connectivity index (χ2n) is 6.60. The molecule has 0 unspecified atom stereocenters. The van der Waals surface area contributed by atoms with Gasteiger partial charge in [-0.15, -0.1) is 0 Å². The van der Waals surface area contributed by atoms with Gasteiger partial charge >= 0.3 is 0 Å². The summed E-state index contributed by atoms with van der Waals surface area (Å²) in [5.41, 5.74) is 2.47. The van der Waals surface area contributed by atoms with Gasteiger partial charge in [-0.1, -0.05) is 23.7 Å². The fourth-order valence-electron chi connectivity index (χ4n) is 2.73. The highest BCUT2D eigenvalue weighted by Crippen LogP contribution is 2.23. The minimum Gasteiger partial charge on any atom is -0.326 e. The Kier molecular flexibility index (Phi) is 6.27. The molecule has 3 aromatic rings. The summed E-state index contributed by atoms with van der Waals surface area (Å²) in [7, 11) is 0. The predicted molar refractivity (Wildman–Crippen MR) is 113 cm³/mol. The Balaban J connectivity index is 1.83. The van der Waals surface area contributed by atoms with Gasteiger partial charge in [0, 0.05) is 29.9 Å². The fourth-order valence-corrected chi connectivity index (χ4v) is 2.91. The quantitative estimate of drug-likeness (QED) is 0.649. The van der Waals surface area contributed by atoms with E-state index in [4.69, 9.17) is 11.6 Å². The number of aryl methyl sites for hydroxylation is 1. The highest BCUT2D eigenvalue weighted by Gasteiger charge is 2.11. The maximum absolute atomic E-state index is 13.2. The Hall–Kier alpha value is -3.52. The molecule has 1 aromatic heterocycles. The van der Waals surface area contributed by atoms with Crippen molar-refractivity contribution in [3.8, 4) is 11.3 Å². The molecule has 0 aliphatic rings. The zero-order valence-corrected chi connectivity index (χ0v) is 17.0. The third-order valence-corrected chi connectivity index (χ3v) is 4.50. The lowest BCUT2D eigenvalue weighted by Gasteiger charge is -2.11. The van der Waals surface area contributed by atoms with Crippen LogP contribution < -0.4 is 16.2 Å². The van der Waals surface area contributed by atoms with Gasteiger partial charge in [0.15, 0.2) is 0 Å². The number of hydrogen-bond acceptors (Lipinski definition) is 4. The van der Waals surface area contributed by atoms with Gasteiger partial charge in [-0.05, 0) is 42.8 Å². The van der Waals surface area contributed by atoms with Crippen molar-refractivity contribution in [2.24, 2.45) is 0 Å². The first kappa shape index (κ1) is 21.2. The molecule has 154 valence electrons. The van der Waals surface area contributed by atoms with Crippen molar-refractivity contribution in [3.05, 3.63) is 75.3 Å². The zero-order chi connectivity index (χ0) is 21.8. The lowest BCUT2D eigenvalue weighted by atomic mass is 10.1. The molecule has 2 amide bonds. The number of carbonyl (C=O) groups excluding carboxylic acids is 2. The minimum absolute atomic E-state index is 0.126. The maximum Gasteiger partial charge on any atom is 0.267 e. The maximum atomic E-state index is 13.2. The molecule has 30 heavy (non-hydrogen) atoms. The zero-order valence-electron chi connectivity index (χ0n) is 16.2. The van der Waals surface area contributed by atoms with E-state index >= 15 is 0 Å². The third-order valence-electron chi connectivity index (χ3n) is 4.21. The van der Waals surface area contributed by atoms with Crippen LogP contribution in [-0.4, -0.2) is 21.6 Å². The molecule has 3 rings (SSSR count). The topological polar surface area (TPSA) is 93.1 Å². The van der Waals surface area contributed by atoms with Crippen molar-refractivity contribution in [1.29, 1.82) is 0 Å². The van der Waals surface area contributed by atoms with Crippen LogP contribution in [0.1, 0.15) is 12.5 Å². The number of benzene rings is 2. The summed E-state index contributed by atoms with van der Waals surface area (Å²) in [6.07, 6.45) is 0. The van der Waals surface area contributed by atoms with Crippen molar-refractivity contribution in [2.75, 3.05) is 10.6 Å². The Labute approximate surface area is 176 Å². The van der Waals surface area contributed by atoms with Crippen LogP contribution in [0.15, 0.2) is 53.3 Å². The van der Waals surface area contributed by atoms with Crippen LogP contribution in [0.3, 0.4) is 0 Å². The molecular weight excluding hydrogens is 411 g/mol. The first-order valence-electron chi connectivity index (χ1n) is 8.94. The van der Waals surface area contributed by atoms with E-state index in [2.05, 4.69) is 15.7 Å². The van der Waals surface area contributed by atoms with Crippen molar-refractivity contribution in [1.82, 2.24) is 9.78 Å². The fraction of sp³-hybridized carbons (Fsp3) is 0.143. The summed E-state index contributed by atoms with van der Waals surface area (Å²) in [6, 6.07) is 12.0. The predicted octanol–water partition coefficient (Wildman–Crippen LogP) is 3.61. The number of nitrogens with zero attached hydrogens (tertiary/aromatic N) is 2. The molecule has 7 nitrogen and oxygen atoms in total. The molecule has 0 fully saturated rings. The molecule has 0 aliphatic carbocycles. The number of aromatic nitrogens is 2. The van der Waals surface area contributed by atoms with Crippen molar-refractivity contribution in [3.63, 3.8) is 0 Å². The molecule has 0 aliphatic heterocycles. The van der Waals surface area contributed by atoms with Crippen LogP contribution in [-0.2, 0) is 16.1 Å². The van der Waals surface area contributed by atoms with Gasteiger partial charge in [-0.2, -0.15) is 5.10 Å². The lowest BCUT2D eigenvalue weighted by Crippen LogP contribution is -2.29. The van der Waals surface area contributed by atoms with Crippen LogP contribution in [0, 0.1) is 12.7 Å². The lowest BCUT2D eigenvalue weighted by molar-refractivity contribution is -0.117. The van der Waals surface area contributed by atoms with Crippen LogP contribution in [0.4, 0.5) is 15.8 Å². The molecule has 0 spiro atoms. The SMILES string of the molecule is CC(=O)Nc1cc(-c2ccc(=O)n(CC(=O)Nc3ccc(F)c(Cl)c3)n2)ccc1C. The molecule has 0 bridgehead atoms. The van der Waals surface area contributed by atoms with E-state index in [-0.39, 0.29) is 17.5 Å². The third kappa shape index (κ3) is 5.09. The van der Waals surface area contributed by atoms with Crippen molar-refractivity contribution in [2.45, 2.75) is 20.4 Å². The van der Waals surface area contributed by atoms with Gasteiger partial charge in [0.1, 0.15) is 12.4 Å². The van der Waals surface area contributed by atoms with E-state index in [0.29, 0.717) is 22.6 Å². The van der Waals surface area contributed by atoms with Gasteiger partial charge in [-0.25, -0.2) is 9.07 Å². The van der Waals surface area contributed by atoms with Gasteiger partial charge in [0.2, 0.25) is 11.8 Å². The van der Waals surface area contributed by atoms with Gasteiger partial charge in [-0.3, -0.25) is 14.4 Å². The smallest absolute Gasteiger partial charge is 0.267 e. The molecule has 2 aromatic carbocycles. The minimum atomic E-state index is -0.600. The summed E-state index contributed by atoms with van der Waals surface area (Å²) in [5, 5.41) is 9.41. The average molecular weight is 429 g/mol. The van der Waals surface area contributed by atoms with E-state index in [1.165, 1.54) is 25.1 Å². The molecular formula is C21H18ClFN4O3. The van der Waals surface area contributed by atoms with E-state index in [0.717, 1.165) is 16.3 Å². The second-order valence-corrected chi connectivity index (χ2v) is 7.01. The molecule has 1 heterocycles. The number of nitrogens with one attached hydrogen (secondary N) is 2. The van der Waals surface area contributed by atoms with E-state index in [1.54, 1.807) is 18.2 Å². The molecule has 0 atom stereocenters. The number of rotatable bonds is 5. The molecule has 2 N–H and O–H groups in total. The monoisotopic (exact) mass is 428 g/mol. The number of amides is 2. The summed E-state index contributed by atoms with van der Waals surface area (Å²) in [6.45, 7) is 2.93. The number of halogens is 2. The summed E-state index contributed by atoms with van der Waals surface area (Å²) >= 11 is 5.71. The van der Waals surface area contributed by atoms with Crippen molar-refractivity contribution < 1.29 is 14.0 Å². The Morgan fingerprint density at radius 1 is 1.10 bits per heavy atom. The first-order chi connectivity index (χ1) is 14.2. The van der Waals surface area contributed by atoms with Gasteiger partial charge in [0.25, 0.3) is 5.56 Å². The summed E-state index contributed by atoms with van der Waals surface area (Å²) in [5.74, 6) is -1.32. The summed E-state index contributed by atoms with van der Waals surface area (Å²) < 4.78 is 14.3. The van der Waals surface area contributed by atoms with E-state index < -0.39 is 17.3 Å². The normalized spacial score (nSPS) is 10.5. The number of carbonyl (C=O) groups is 2. The van der Waals surface area contributed by atoms with E-state index in [9.17, 15) is 18.8 Å². The highest BCUT2D eigenvalue weighted by atomic mass is 35.5. The first-order valence-corrected chi connectivity index (χ1v) is 9.32. The molecule has 0 saturated carbocycles.